The van der Waals surface area contributed by atoms with Gasteiger partial charge >= 0.3 is 0 Å². The Bertz CT molecular complexity index is 729. The number of benzene rings is 1. The molecule has 0 fully saturated rings. The number of ether oxygens (including phenoxy) is 1. The zero-order valence-electron chi connectivity index (χ0n) is 15.1. The van der Waals surface area contributed by atoms with Crippen molar-refractivity contribution >= 4 is 5.91 Å². The summed E-state index contributed by atoms with van der Waals surface area (Å²) in [5, 5.41) is 4.41. The average Bonchev–Trinajstić information content (AvgIpc) is 2.77. The third kappa shape index (κ3) is 3.46. The zero-order valence-corrected chi connectivity index (χ0v) is 15.1. The summed E-state index contributed by atoms with van der Waals surface area (Å²) < 4.78 is 7.30. The van der Waals surface area contributed by atoms with Crippen LogP contribution in [0.5, 0.6) is 5.75 Å². The van der Waals surface area contributed by atoms with Gasteiger partial charge in [0.1, 0.15) is 5.75 Å². The first-order valence-electron chi connectivity index (χ1n) is 8.06. The maximum Gasteiger partial charge on any atom is 0.287 e. The zero-order chi connectivity index (χ0) is 17.3. The van der Waals surface area contributed by atoms with Crippen LogP contribution in [0.15, 0.2) is 18.2 Å². The van der Waals surface area contributed by atoms with Gasteiger partial charge in [0.15, 0.2) is 6.10 Å². The average molecular weight is 314 g/mol. The van der Waals surface area contributed by atoms with Gasteiger partial charge in [-0.25, -0.2) is 4.68 Å². The smallest absolute Gasteiger partial charge is 0.287 e. The summed E-state index contributed by atoms with van der Waals surface area (Å²) in [6, 6.07) is 5.86. The fourth-order valence-electron chi connectivity index (χ4n) is 2.92. The molecule has 0 aliphatic carbocycles. The lowest BCUT2D eigenvalue weighted by Gasteiger charge is -2.15. The SMILES string of the molecule is Cc1ccc(OC(C)C(=O)n2nc(C)c(C(C)C)c2C)cc1C. The van der Waals surface area contributed by atoms with Crippen LogP contribution in [0.4, 0.5) is 0 Å². The number of hydrogen-bond acceptors (Lipinski definition) is 3. The number of carbonyl (C=O) groups is 1. The molecule has 124 valence electrons. The Morgan fingerprint density at radius 3 is 2.26 bits per heavy atom. The van der Waals surface area contributed by atoms with Gasteiger partial charge in [-0.2, -0.15) is 5.10 Å². The third-order valence-corrected chi connectivity index (χ3v) is 4.27. The molecule has 0 amide bonds. The molecule has 1 aromatic heterocycles. The van der Waals surface area contributed by atoms with E-state index in [0.717, 1.165) is 22.5 Å². The van der Waals surface area contributed by atoms with Crippen LogP contribution in [0.1, 0.15) is 59.6 Å². The molecule has 1 heterocycles. The lowest BCUT2D eigenvalue weighted by atomic mass is 10.0. The minimum Gasteiger partial charge on any atom is -0.481 e. The predicted molar refractivity (Wildman–Crippen MR) is 92.4 cm³/mol. The highest BCUT2D eigenvalue weighted by Gasteiger charge is 2.23. The van der Waals surface area contributed by atoms with Crippen LogP contribution < -0.4 is 4.74 Å². The van der Waals surface area contributed by atoms with Crippen LogP contribution >= 0.6 is 0 Å². The number of rotatable bonds is 4. The summed E-state index contributed by atoms with van der Waals surface area (Å²) in [7, 11) is 0. The molecule has 0 saturated heterocycles. The maximum absolute atomic E-state index is 12.7. The normalized spacial score (nSPS) is 12.5. The standard InChI is InChI=1S/C19H26N2O2/c1-11(2)18-14(5)20-21(15(18)6)19(22)16(7)23-17-9-8-12(3)13(4)10-17/h8-11,16H,1-7H3. The second-order valence-electron chi connectivity index (χ2n) is 6.50. The second kappa shape index (κ2) is 6.57. The first-order chi connectivity index (χ1) is 10.7. The van der Waals surface area contributed by atoms with Gasteiger partial charge in [0.2, 0.25) is 0 Å². The molecule has 2 rings (SSSR count). The summed E-state index contributed by atoms with van der Waals surface area (Å²) in [6.45, 7) is 14.0. The summed E-state index contributed by atoms with van der Waals surface area (Å²) in [4.78, 5) is 12.7. The van der Waals surface area contributed by atoms with E-state index in [1.54, 1.807) is 6.92 Å². The molecule has 1 aromatic carbocycles. The molecule has 4 heteroatoms. The van der Waals surface area contributed by atoms with Crippen LogP contribution in [0.2, 0.25) is 0 Å². The van der Waals surface area contributed by atoms with Crippen molar-refractivity contribution in [3.8, 4) is 5.75 Å². The Labute approximate surface area is 138 Å². The van der Waals surface area contributed by atoms with E-state index >= 15 is 0 Å². The van der Waals surface area contributed by atoms with Crippen LogP contribution in [0, 0.1) is 27.7 Å². The number of aromatic nitrogens is 2. The van der Waals surface area contributed by atoms with E-state index in [4.69, 9.17) is 4.74 Å². The molecule has 23 heavy (non-hydrogen) atoms. The number of carbonyl (C=O) groups excluding carboxylic acids is 1. The molecule has 0 aliphatic heterocycles. The number of hydrogen-bond donors (Lipinski definition) is 0. The monoisotopic (exact) mass is 314 g/mol. The Morgan fingerprint density at radius 1 is 1.09 bits per heavy atom. The highest BCUT2D eigenvalue weighted by atomic mass is 16.5. The first kappa shape index (κ1) is 17.3. The van der Waals surface area contributed by atoms with E-state index in [-0.39, 0.29) is 5.91 Å². The van der Waals surface area contributed by atoms with Gasteiger partial charge in [0, 0.05) is 5.69 Å². The fourth-order valence-corrected chi connectivity index (χ4v) is 2.92. The van der Waals surface area contributed by atoms with Crippen LogP contribution in [0.3, 0.4) is 0 Å². The molecule has 1 atom stereocenters. The highest BCUT2D eigenvalue weighted by molar-refractivity contribution is 5.83. The maximum atomic E-state index is 12.7. The van der Waals surface area contributed by atoms with E-state index in [2.05, 4.69) is 25.9 Å². The molecular formula is C19H26N2O2. The minimum absolute atomic E-state index is 0.143. The van der Waals surface area contributed by atoms with Gasteiger partial charge in [-0.3, -0.25) is 4.79 Å². The summed E-state index contributed by atoms with van der Waals surface area (Å²) in [6.07, 6.45) is -0.588. The van der Waals surface area contributed by atoms with Crippen LogP contribution in [0.25, 0.3) is 0 Å². The summed E-state index contributed by atoms with van der Waals surface area (Å²) in [5.41, 5.74) is 5.30. The van der Waals surface area contributed by atoms with Crippen molar-refractivity contribution < 1.29 is 9.53 Å². The van der Waals surface area contributed by atoms with Crippen molar-refractivity contribution in [2.24, 2.45) is 0 Å². The Morgan fingerprint density at radius 2 is 1.74 bits per heavy atom. The van der Waals surface area contributed by atoms with Crippen molar-refractivity contribution in [3.63, 3.8) is 0 Å². The van der Waals surface area contributed by atoms with Gasteiger partial charge in [0.25, 0.3) is 5.91 Å². The van der Waals surface area contributed by atoms with Gasteiger partial charge in [0.05, 0.1) is 5.69 Å². The second-order valence-corrected chi connectivity index (χ2v) is 6.50. The molecule has 0 radical (unpaired) electrons. The van der Waals surface area contributed by atoms with E-state index in [1.165, 1.54) is 10.2 Å². The Balaban J connectivity index is 2.23. The highest BCUT2D eigenvalue weighted by Crippen LogP contribution is 2.23. The van der Waals surface area contributed by atoms with Crippen molar-refractivity contribution in [1.29, 1.82) is 0 Å². The lowest BCUT2D eigenvalue weighted by Crippen LogP contribution is -2.31. The number of aryl methyl sites for hydroxylation is 3. The predicted octanol–water partition coefficient (Wildman–Crippen LogP) is 4.35. The molecule has 4 nitrogen and oxygen atoms in total. The van der Waals surface area contributed by atoms with Crippen molar-refractivity contribution in [2.75, 3.05) is 0 Å². The Kier molecular flexibility index (Phi) is 4.93. The molecular weight excluding hydrogens is 288 g/mol. The largest absolute Gasteiger partial charge is 0.481 e. The van der Waals surface area contributed by atoms with Crippen LogP contribution in [-0.2, 0) is 0 Å². The molecule has 0 saturated carbocycles. The van der Waals surface area contributed by atoms with E-state index in [0.29, 0.717) is 11.7 Å². The third-order valence-electron chi connectivity index (χ3n) is 4.27. The fraction of sp³-hybridized carbons (Fsp3) is 0.474. The molecule has 0 spiro atoms. The summed E-state index contributed by atoms with van der Waals surface area (Å²) >= 11 is 0. The van der Waals surface area contributed by atoms with Gasteiger partial charge in [-0.05, 0) is 69.4 Å². The molecule has 0 bridgehead atoms. The minimum atomic E-state index is -0.588. The topological polar surface area (TPSA) is 44.1 Å². The van der Waals surface area contributed by atoms with E-state index < -0.39 is 6.10 Å². The molecule has 0 N–H and O–H groups in total. The first-order valence-corrected chi connectivity index (χ1v) is 8.06. The molecule has 2 aromatic rings. The van der Waals surface area contributed by atoms with E-state index in [1.807, 2.05) is 39.0 Å². The number of nitrogens with zero attached hydrogens (tertiary/aromatic N) is 2. The van der Waals surface area contributed by atoms with Crippen LogP contribution in [-0.4, -0.2) is 21.8 Å². The lowest BCUT2D eigenvalue weighted by molar-refractivity contribution is 0.0707. The summed E-state index contributed by atoms with van der Waals surface area (Å²) in [5.74, 6) is 0.905. The van der Waals surface area contributed by atoms with Gasteiger partial charge in [-0.1, -0.05) is 19.9 Å². The van der Waals surface area contributed by atoms with Crippen molar-refractivity contribution in [2.45, 2.75) is 60.5 Å². The van der Waals surface area contributed by atoms with Crippen molar-refractivity contribution in [3.05, 3.63) is 46.3 Å². The van der Waals surface area contributed by atoms with Gasteiger partial charge < -0.3 is 4.74 Å². The van der Waals surface area contributed by atoms with Crippen molar-refractivity contribution in [1.82, 2.24) is 9.78 Å². The van der Waals surface area contributed by atoms with E-state index in [9.17, 15) is 4.79 Å². The van der Waals surface area contributed by atoms with Gasteiger partial charge in [-0.15, -0.1) is 0 Å². The Hall–Kier alpha value is -2.10. The quantitative estimate of drug-likeness (QED) is 0.843. The molecule has 1 unspecified atom stereocenters. The molecule has 0 aliphatic rings.